The molecule has 6 nitrogen and oxygen atoms in total. The normalized spacial score (nSPS) is 14.8. The van der Waals surface area contributed by atoms with E-state index in [2.05, 4.69) is 15.5 Å². The van der Waals surface area contributed by atoms with Gasteiger partial charge in [0, 0.05) is 29.7 Å². The molecule has 0 bridgehead atoms. The molecule has 0 spiro atoms. The average Bonchev–Trinajstić information content (AvgIpc) is 3.21. The van der Waals surface area contributed by atoms with Gasteiger partial charge < -0.3 is 14.8 Å². The number of methoxy groups -OCH3 is 1. The van der Waals surface area contributed by atoms with Gasteiger partial charge in [0.05, 0.1) is 19.3 Å². The SMILES string of the molecule is COc1ccc(-c2cc(C)cc3c2O[C@H](CNC(=O)/C=C/c2cccc(F)c2F)C3)nn1. The van der Waals surface area contributed by atoms with Crippen molar-refractivity contribution < 1.29 is 23.0 Å². The maximum absolute atomic E-state index is 13.7. The van der Waals surface area contributed by atoms with Gasteiger partial charge in [-0.15, -0.1) is 10.2 Å². The van der Waals surface area contributed by atoms with Gasteiger partial charge in [-0.3, -0.25) is 4.79 Å². The molecule has 0 radical (unpaired) electrons. The Hall–Kier alpha value is -3.81. The first-order valence-corrected chi connectivity index (χ1v) is 10.0. The molecule has 2 aromatic carbocycles. The first kappa shape index (κ1) is 21.4. The van der Waals surface area contributed by atoms with Gasteiger partial charge in [0.25, 0.3) is 0 Å². The van der Waals surface area contributed by atoms with Crippen LogP contribution < -0.4 is 14.8 Å². The highest BCUT2D eigenvalue weighted by Crippen LogP contribution is 2.39. The number of rotatable bonds is 6. The van der Waals surface area contributed by atoms with Crippen LogP contribution in [0, 0.1) is 18.6 Å². The van der Waals surface area contributed by atoms with E-state index >= 15 is 0 Å². The zero-order valence-electron chi connectivity index (χ0n) is 17.6. The predicted octanol–water partition coefficient (Wildman–Crippen LogP) is 3.87. The lowest BCUT2D eigenvalue weighted by molar-refractivity contribution is -0.116. The highest BCUT2D eigenvalue weighted by Gasteiger charge is 2.27. The summed E-state index contributed by atoms with van der Waals surface area (Å²) in [7, 11) is 1.53. The smallest absolute Gasteiger partial charge is 0.244 e. The van der Waals surface area contributed by atoms with E-state index in [1.807, 2.05) is 25.1 Å². The zero-order chi connectivity index (χ0) is 22.7. The monoisotopic (exact) mass is 437 g/mol. The number of hydrogen-bond donors (Lipinski definition) is 1. The van der Waals surface area contributed by atoms with Crippen molar-refractivity contribution in [1.82, 2.24) is 15.5 Å². The molecule has 2 heterocycles. The summed E-state index contributed by atoms with van der Waals surface area (Å²) in [6.45, 7) is 2.25. The number of nitrogens with zero attached hydrogens (tertiary/aromatic N) is 2. The Morgan fingerprint density at radius 3 is 2.84 bits per heavy atom. The summed E-state index contributed by atoms with van der Waals surface area (Å²) < 4.78 is 38.1. The Morgan fingerprint density at radius 1 is 1.25 bits per heavy atom. The van der Waals surface area contributed by atoms with Crippen molar-refractivity contribution in [1.29, 1.82) is 0 Å². The Labute approximate surface area is 183 Å². The van der Waals surface area contributed by atoms with Gasteiger partial charge in [0.1, 0.15) is 11.9 Å². The van der Waals surface area contributed by atoms with Crippen molar-refractivity contribution in [2.24, 2.45) is 0 Å². The molecule has 1 aliphatic heterocycles. The van der Waals surface area contributed by atoms with Gasteiger partial charge in [-0.2, -0.15) is 0 Å². The first-order chi connectivity index (χ1) is 15.4. The number of benzene rings is 2. The van der Waals surface area contributed by atoms with Crippen molar-refractivity contribution in [2.45, 2.75) is 19.4 Å². The Balaban J connectivity index is 1.42. The van der Waals surface area contributed by atoms with Gasteiger partial charge in [0.15, 0.2) is 11.6 Å². The quantitative estimate of drug-likeness (QED) is 0.593. The number of aryl methyl sites for hydroxylation is 1. The maximum Gasteiger partial charge on any atom is 0.244 e. The number of amides is 1. The van der Waals surface area contributed by atoms with Crippen LogP contribution in [0.3, 0.4) is 0 Å². The molecule has 0 aliphatic carbocycles. The highest BCUT2D eigenvalue weighted by atomic mass is 19.2. The van der Waals surface area contributed by atoms with Crippen molar-refractivity contribution in [3.05, 3.63) is 76.9 Å². The number of carbonyl (C=O) groups is 1. The molecule has 0 saturated heterocycles. The lowest BCUT2D eigenvalue weighted by atomic mass is 10.0. The van der Waals surface area contributed by atoms with E-state index in [4.69, 9.17) is 9.47 Å². The van der Waals surface area contributed by atoms with Gasteiger partial charge in [-0.1, -0.05) is 18.2 Å². The Kier molecular flexibility index (Phi) is 6.11. The van der Waals surface area contributed by atoms with Crippen molar-refractivity contribution in [3.63, 3.8) is 0 Å². The molecule has 0 fully saturated rings. The number of carbonyl (C=O) groups excluding carboxylic acids is 1. The summed E-state index contributed by atoms with van der Waals surface area (Å²) in [5, 5.41) is 11.0. The number of nitrogens with one attached hydrogen (secondary N) is 1. The van der Waals surface area contributed by atoms with E-state index in [0.29, 0.717) is 23.7 Å². The van der Waals surface area contributed by atoms with Crippen LogP contribution in [0.4, 0.5) is 8.78 Å². The summed E-state index contributed by atoms with van der Waals surface area (Å²) in [4.78, 5) is 12.1. The number of ether oxygens (including phenoxy) is 2. The van der Waals surface area contributed by atoms with Crippen LogP contribution in [-0.4, -0.2) is 35.9 Å². The molecular weight excluding hydrogens is 416 g/mol. The molecular formula is C24H21F2N3O3. The molecule has 1 aromatic heterocycles. The van der Waals surface area contributed by atoms with Crippen LogP contribution in [0.2, 0.25) is 0 Å². The number of halogens is 2. The molecule has 0 unspecified atom stereocenters. The fourth-order valence-corrected chi connectivity index (χ4v) is 3.56. The van der Waals surface area contributed by atoms with E-state index in [9.17, 15) is 13.6 Å². The van der Waals surface area contributed by atoms with E-state index < -0.39 is 17.5 Å². The fourth-order valence-electron chi connectivity index (χ4n) is 3.56. The summed E-state index contributed by atoms with van der Waals surface area (Å²) in [5.74, 6) is -1.24. The minimum absolute atomic E-state index is 0.00499. The lowest BCUT2D eigenvalue weighted by Gasteiger charge is -2.13. The first-order valence-electron chi connectivity index (χ1n) is 10.0. The van der Waals surface area contributed by atoms with Gasteiger partial charge in [0.2, 0.25) is 11.8 Å². The summed E-state index contributed by atoms with van der Waals surface area (Å²) in [6, 6.07) is 11.4. The molecule has 164 valence electrons. The van der Waals surface area contributed by atoms with Crippen LogP contribution in [0.5, 0.6) is 11.6 Å². The summed E-state index contributed by atoms with van der Waals surface area (Å²) in [5.41, 5.74) is 3.57. The molecule has 1 aliphatic rings. The maximum atomic E-state index is 13.7. The van der Waals surface area contributed by atoms with Crippen molar-refractivity contribution in [2.75, 3.05) is 13.7 Å². The third-order valence-electron chi connectivity index (χ3n) is 5.07. The van der Waals surface area contributed by atoms with Crippen LogP contribution in [0.1, 0.15) is 16.7 Å². The van der Waals surface area contributed by atoms with E-state index in [0.717, 1.165) is 22.8 Å². The number of aromatic nitrogens is 2. The molecule has 1 amide bonds. The van der Waals surface area contributed by atoms with E-state index in [-0.39, 0.29) is 18.2 Å². The predicted molar refractivity (Wildman–Crippen MR) is 115 cm³/mol. The molecule has 3 aromatic rings. The van der Waals surface area contributed by atoms with Gasteiger partial charge >= 0.3 is 0 Å². The minimum Gasteiger partial charge on any atom is -0.487 e. The standard InChI is InChI=1S/C24H21F2N3O3/c1-14-10-16-12-17(13-27-21(30)8-6-15-4-3-5-19(25)23(15)26)32-24(16)18(11-14)20-7-9-22(31-2)29-28-20/h3-11,17H,12-13H2,1-2H3,(H,27,30)/b8-6+/t17-/m0/s1. The molecule has 8 heteroatoms. The summed E-state index contributed by atoms with van der Waals surface area (Å²) >= 11 is 0. The molecule has 1 N–H and O–H groups in total. The number of hydrogen-bond acceptors (Lipinski definition) is 5. The van der Waals surface area contributed by atoms with Gasteiger partial charge in [-0.05, 0) is 42.3 Å². The molecule has 32 heavy (non-hydrogen) atoms. The number of fused-ring (bicyclic) bond motifs is 1. The second-order valence-corrected chi connectivity index (χ2v) is 7.43. The Morgan fingerprint density at radius 2 is 2.09 bits per heavy atom. The van der Waals surface area contributed by atoms with Crippen LogP contribution in [-0.2, 0) is 11.2 Å². The van der Waals surface area contributed by atoms with E-state index in [1.165, 1.54) is 31.4 Å². The topological polar surface area (TPSA) is 73.3 Å². The van der Waals surface area contributed by atoms with Crippen LogP contribution in [0.25, 0.3) is 17.3 Å². The lowest BCUT2D eigenvalue weighted by Crippen LogP contribution is -2.33. The van der Waals surface area contributed by atoms with Crippen LogP contribution >= 0.6 is 0 Å². The second-order valence-electron chi connectivity index (χ2n) is 7.43. The van der Waals surface area contributed by atoms with E-state index in [1.54, 1.807) is 6.07 Å². The molecule has 4 rings (SSSR count). The van der Waals surface area contributed by atoms with Gasteiger partial charge in [-0.25, -0.2) is 8.78 Å². The Bertz CT molecular complexity index is 1180. The van der Waals surface area contributed by atoms with Crippen LogP contribution in [0.15, 0.2) is 48.5 Å². The third-order valence-corrected chi connectivity index (χ3v) is 5.07. The molecule has 0 saturated carbocycles. The summed E-state index contributed by atoms with van der Waals surface area (Å²) in [6.07, 6.45) is 2.76. The highest BCUT2D eigenvalue weighted by molar-refractivity contribution is 5.91. The van der Waals surface area contributed by atoms with Crippen molar-refractivity contribution >= 4 is 12.0 Å². The van der Waals surface area contributed by atoms with Crippen molar-refractivity contribution in [3.8, 4) is 22.9 Å². The third kappa shape index (κ3) is 4.59. The minimum atomic E-state index is -0.990. The molecule has 1 atom stereocenters. The zero-order valence-corrected chi connectivity index (χ0v) is 17.6. The average molecular weight is 437 g/mol. The largest absolute Gasteiger partial charge is 0.487 e. The fraction of sp³-hybridized carbons (Fsp3) is 0.208. The second kappa shape index (κ2) is 9.13.